The SMILES string of the molecule is Cc1ccccc1N(CC(=O)Nc1c(C)cccc1C(C)C)S(C)(=O)=O. The van der Waals surface area contributed by atoms with Gasteiger partial charge in [-0.25, -0.2) is 8.42 Å². The molecule has 5 nitrogen and oxygen atoms in total. The molecule has 0 atom stereocenters. The zero-order chi connectivity index (χ0) is 19.5. The molecule has 1 N–H and O–H groups in total. The minimum atomic E-state index is -3.59. The molecule has 0 aliphatic heterocycles. The van der Waals surface area contributed by atoms with Crippen molar-refractivity contribution in [2.24, 2.45) is 0 Å². The van der Waals surface area contributed by atoms with Crippen LogP contribution in [0.4, 0.5) is 11.4 Å². The molecule has 0 aliphatic rings. The van der Waals surface area contributed by atoms with Gasteiger partial charge in [-0.2, -0.15) is 0 Å². The standard InChI is InChI=1S/C20H26N2O3S/c1-14(2)17-11-8-10-16(4)20(17)21-19(23)13-22(26(5,24)25)18-12-7-6-9-15(18)3/h6-12,14H,13H2,1-5H3,(H,21,23). The van der Waals surface area contributed by atoms with Gasteiger partial charge in [0.25, 0.3) is 0 Å². The average molecular weight is 375 g/mol. The van der Waals surface area contributed by atoms with Crippen LogP contribution in [0, 0.1) is 13.8 Å². The van der Waals surface area contributed by atoms with Crippen molar-refractivity contribution in [1.29, 1.82) is 0 Å². The lowest BCUT2D eigenvalue weighted by molar-refractivity contribution is -0.114. The van der Waals surface area contributed by atoms with Gasteiger partial charge in [0.2, 0.25) is 15.9 Å². The summed E-state index contributed by atoms with van der Waals surface area (Å²) in [6.07, 6.45) is 1.11. The number of amides is 1. The monoisotopic (exact) mass is 374 g/mol. The van der Waals surface area contributed by atoms with Crippen LogP contribution in [-0.4, -0.2) is 27.1 Å². The van der Waals surface area contributed by atoms with Gasteiger partial charge in [0.05, 0.1) is 11.9 Å². The molecule has 6 heteroatoms. The van der Waals surface area contributed by atoms with E-state index in [-0.39, 0.29) is 18.4 Å². The summed E-state index contributed by atoms with van der Waals surface area (Å²) < 4.78 is 25.7. The van der Waals surface area contributed by atoms with E-state index in [1.54, 1.807) is 12.1 Å². The number of anilines is 2. The Balaban J connectivity index is 2.32. The largest absolute Gasteiger partial charge is 0.324 e. The van der Waals surface area contributed by atoms with Gasteiger partial charge in [0.15, 0.2) is 0 Å². The van der Waals surface area contributed by atoms with Crippen molar-refractivity contribution in [3.05, 3.63) is 59.2 Å². The van der Waals surface area contributed by atoms with Crippen molar-refractivity contribution in [2.45, 2.75) is 33.6 Å². The van der Waals surface area contributed by atoms with E-state index in [2.05, 4.69) is 19.2 Å². The minimum absolute atomic E-state index is 0.243. The number of rotatable bonds is 6. The molecular weight excluding hydrogens is 348 g/mol. The molecule has 0 aromatic heterocycles. The first-order valence-electron chi connectivity index (χ1n) is 8.54. The van der Waals surface area contributed by atoms with Crippen molar-refractivity contribution >= 4 is 27.3 Å². The topological polar surface area (TPSA) is 66.5 Å². The molecule has 0 unspecified atom stereocenters. The Morgan fingerprint density at radius 3 is 2.23 bits per heavy atom. The summed E-state index contributed by atoms with van der Waals surface area (Å²) in [5.74, 6) is -0.123. The lowest BCUT2D eigenvalue weighted by Crippen LogP contribution is -2.38. The highest BCUT2D eigenvalue weighted by Gasteiger charge is 2.23. The highest BCUT2D eigenvalue weighted by Crippen LogP contribution is 2.28. The molecular formula is C20H26N2O3S. The Morgan fingerprint density at radius 2 is 1.65 bits per heavy atom. The van der Waals surface area contributed by atoms with Gasteiger partial charge in [-0.05, 0) is 42.5 Å². The fraction of sp³-hybridized carbons (Fsp3) is 0.350. The van der Waals surface area contributed by atoms with E-state index in [4.69, 9.17) is 0 Å². The van der Waals surface area contributed by atoms with Gasteiger partial charge < -0.3 is 5.32 Å². The lowest BCUT2D eigenvalue weighted by atomic mass is 9.98. The number of hydrogen-bond donors (Lipinski definition) is 1. The number of carbonyl (C=O) groups excluding carboxylic acids is 1. The summed E-state index contributed by atoms with van der Waals surface area (Å²) in [5.41, 5.74) is 4.04. The number of hydrogen-bond acceptors (Lipinski definition) is 3. The number of aryl methyl sites for hydroxylation is 2. The zero-order valence-corrected chi connectivity index (χ0v) is 16.7. The summed E-state index contributed by atoms with van der Waals surface area (Å²) in [6, 6.07) is 13.0. The number of nitrogens with one attached hydrogen (secondary N) is 1. The molecule has 2 rings (SSSR count). The molecule has 0 saturated heterocycles. The molecule has 2 aromatic carbocycles. The van der Waals surface area contributed by atoms with Crippen LogP contribution in [0.5, 0.6) is 0 Å². The zero-order valence-electron chi connectivity index (χ0n) is 15.9. The maximum atomic E-state index is 12.7. The van der Waals surface area contributed by atoms with Crippen LogP contribution in [0.15, 0.2) is 42.5 Å². The average Bonchev–Trinajstić information content (AvgIpc) is 2.54. The third-order valence-electron chi connectivity index (χ3n) is 4.26. The third-order valence-corrected chi connectivity index (χ3v) is 5.39. The second-order valence-corrected chi connectivity index (χ2v) is 8.70. The van der Waals surface area contributed by atoms with E-state index in [9.17, 15) is 13.2 Å². The number of nitrogens with zero attached hydrogens (tertiary/aromatic N) is 1. The molecule has 0 spiro atoms. The molecule has 0 bridgehead atoms. The quantitative estimate of drug-likeness (QED) is 0.835. The molecule has 26 heavy (non-hydrogen) atoms. The Hall–Kier alpha value is -2.34. The number of carbonyl (C=O) groups is 1. The summed E-state index contributed by atoms with van der Waals surface area (Å²) in [7, 11) is -3.59. The summed E-state index contributed by atoms with van der Waals surface area (Å²) >= 11 is 0. The Labute approximate surface area is 156 Å². The number of sulfonamides is 1. The van der Waals surface area contributed by atoms with Crippen LogP contribution in [0.25, 0.3) is 0 Å². The molecule has 0 radical (unpaired) electrons. The van der Waals surface area contributed by atoms with Crippen molar-refractivity contribution in [3.8, 4) is 0 Å². The fourth-order valence-electron chi connectivity index (χ4n) is 2.88. The van der Waals surface area contributed by atoms with Gasteiger partial charge in [0, 0.05) is 5.69 Å². The smallest absolute Gasteiger partial charge is 0.245 e. The third kappa shape index (κ3) is 4.64. The van der Waals surface area contributed by atoms with Gasteiger partial charge >= 0.3 is 0 Å². The molecule has 1 amide bonds. The van der Waals surface area contributed by atoms with Crippen LogP contribution in [0.3, 0.4) is 0 Å². The molecule has 2 aromatic rings. The maximum absolute atomic E-state index is 12.7. The molecule has 140 valence electrons. The van der Waals surface area contributed by atoms with Crippen molar-refractivity contribution < 1.29 is 13.2 Å². The van der Waals surface area contributed by atoms with Crippen molar-refractivity contribution in [3.63, 3.8) is 0 Å². The minimum Gasteiger partial charge on any atom is -0.324 e. The summed E-state index contributed by atoms with van der Waals surface area (Å²) in [5, 5.41) is 2.91. The Kier molecular flexibility index (Phi) is 6.08. The van der Waals surface area contributed by atoms with E-state index >= 15 is 0 Å². The summed E-state index contributed by atoms with van der Waals surface area (Å²) in [6.45, 7) is 7.59. The van der Waals surface area contributed by atoms with E-state index in [1.807, 2.05) is 44.2 Å². The highest BCUT2D eigenvalue weighted by molar-refractivity contribution is 7.92. The highest BCUT2D eigenvalue weighted by atomic mass is 32.2. The predicted molar refractivity (Wildman–Crippen MR) is 107 cm³/mol. The van der Waals surface area contributed by atoms with Crippen LogP contribution < -0.4 is 9.62 Å². The molecule has 0 aliphatic carbocycles. The fourth-order valence-corrected chi connectivity index (χ4v) is 3.79. The molecule has 0 fully saturated rings. The van der Waals surface area contributed by atoms with E-state index in [0.717, 1.165) is 32.9 Å². The van der Waals surface area contributed by atoms with Gasteiger partial charge in [-0.3, -0.25) is 9.10 Å². The second-order valence-electron chi connectivity index (χ2n) is 6.80. The van der Waals surface area contributed by atoms with E-state index in [1.165, 1.54) is 0 Å². The Bertz CT molecular complexity index is 905. The van der Waals surface area contributed by atoms with E-state index in [0.29, 0.717) is 5.69 Å². The number of benzene rings is 2. The van der Waals surface area contributed by atoms with Crippen molar-refractivity contribution in [2.75, 3.05) is 22.4 Å². The lowest BCUT2D eigenvalue weighted by Gasteiger charge is -2.24. The van der Waals surface area contributed by atoms with Crippen LogP contribution in [0.1, 0.15) is 36.5 Å². The number of para-hydroxylation sites is 2. The first-order chi connectivity index (χ1) is 12.1. The van der Waals surface area contributed by atoms with Crippen LogP contribution in [0.2, 0.25) is 0 Å². The first kappa shape index (κ1) is 20.0. The molecule has 0 heterocycles. The van der Waals surface area contributed by atoms with Gasteiger partial charge in [-0.1, -0.05) is 50.2 Å². The van der Waals surface area contributed by atoms with Crippen LogP contribution >= 0.6 is 0 Å². The maximum Gasteiger partial charge on any atom is 0.245 e. The molecule has 0 saturated carbocycles. The Morgan fingerprint density at radius 1 is 1.04 bits per heavy atom. The predicted octanol–water partition coefficient (Wildman–Crippen LogP) is 3.83. The van der Waals surface area contributed by atoms with Crippen LogP contribution in [-0.2, 0) is 14.8 Å². The second kappa shape index (κ2) is 7.91. The summed E-state index contributed by atoms with van der Waals surface area (Å²) in [4.78, 5) is 12.7. The normalized spacial score (nSPS) is 11.5. The first-order valence-corrected chi connectivity index (χ1v) is 10.4. The van der Waals surface area contributed by atoms with Gasteiger partial charge in [-0.15, -0.1) is 0 Å². The van der Waals surface area contributed by atoms with Crippen molar-refractivity contribution in [1.82, 2.24) is 0 Å². The van der Waals surface area contributed by atoms with Gasteiger partial charge in [0.1, 0.15) is 6.54 Å². The van der Waals surface area contributed by atoms with E-state index < -0.39 is 10.0 Å².